The van der Waals surface area contributed by atoms with E-state index in [1.54, 1.807) is 6.08 Å². The molecule has 0 heterocycles. The Labute approximate surface area is 170 Å². The summed E-state index contributed by atoms with van der Waals surface area (Å²) in [6, 6.07) is 14.9. The zero-order valence-corrected chi connectivity index (χ0v) is 16.2. The first-order chi connectivity index (χ1) is 14.2. The number of hydrogen-bond acceptors (Lipinski definition) is 5. The maximum absolute atomic E-state index is 12.2. The van der Waals surface area contributed by atoms with Gasteiger partial charge in [0.15, 0.2) is 6.04 Å². The highest BCUT2D eigenvalue weighted by Crippen LogP contribution is 2.44. The molecule has 0 radical (unpaired) electrons. The number of carbonyl (C=O) groups is 2. The monoisotopic (exact) mass is 395 g/mol. The molecule has 0 fully saturated rings. The van der Waals surface area contributed by atoms with Crippen molar-refractivity contribution in [2.24, 2.45) is 0 Å². The number of hydrogen-bond donors (Lipinski definition) is 2. The number of carbonyl (C=O) groups excluding carboxylic acids is 2. The number of benzene rings is 2. The van der Waals surface area contributed by atoms with Gasteiger partial charge in [0.05, 0.1) is 13.2 Å². The Kier molecular flexibility index (Phi) is 7.03. The summed E-state index contributed by atoms with van der Waals surface area (Å²) in [5.74, 6) is -0.767. The van der Waals surface area contributed by atoms with Crippen molar-refractivity contribution in [3.8, 4) is 11.1 Å². The minimum atomic E-state index is -1.16. The van der Waals surface area contributed by atoms with Gasteiger partial charge in [-0.3, -0.25) is 0 Å². The molecule has 6 nitrogen and oxygen atoms in total. The molecule has 2 aromatic rings. The SMILES string of the molecule is C=CCCCOC(=O)[C@H](CO)NC(=O)OCC1c2ccccc2-c2ccccc21. The van der Waals surface area contributed by atoms with Crippen LogP contribution in [0.1, 0.15) is 29.9 Å². The number of nitrogens with one attached hydrogen (secondary N) is 1. The van der Waals surface area contributed by atoms with Crippen LogP contribution in [-0.4, -0.2) is 43.0 Å². The zero-order valence-electron chi connectivity index (χ0n) is 16.2. The van der Waals surface area contributed by atoms with E-state index in [1.165, 1.54) is 0 Å². The van der Waals surface area contributed by atoms with Gasteiger partial charge >= 0.3 is 12.1 Å². The van der Waals surface area contributed by atoms with Crippen molar-refractivity contribution in [2.45, 2.75) is 24.8 Å². The Morgan fingerprint density at radius 3 is 2.28 bits per heavy atom. The molecule has 152 valence electrons. The van der Waals surface area contributed by atoms with E-state index in [-0.39, 0.29) is 19.1 Å². The summed E-state index contributed by atoms with van der Waals surface area (Å²) in [5.41, 5.74) is 4.46. The number of amides is 1. The van der Waals surface area contributed by atoms with Crippen LogP contribution in [0.3, 0.4) is 0 Å². The lowest BCUT2D eigenvalue weighted by molar-refractivity contribution is -0.147. The van der Waals surface area contributed by atoms with Crippen molar-refractivity contribution in [1.29, 1.82) is 0 Å². The number of ether oxygens (including phenoxy) is 2. The summed E-state index contributed by atoms with van der Waals surface area (Å²) in [5, 5.41) is 11.8. The molecular weight excluding hydrogens is 370 g/mol. The predicted octanol–water partition coefficient (Wildman–Crippen LogP) is 3.40. The van der Waals surface area contributed by atoms with Gasteiger partial charge in [-0.25, -0.2) is 9.59 Å². The Morgan fingerprint density at radius 2 is 1.69 bits per heavy atom. The van der Waals surface area contributed by atoms with E-state index in [2.05, 4.69) is 24.0 Å². The largest absolute Gasteiger partial charge is 0.464 e. The van der Waals surface area contributed by atoms with Crippen LogP contribution in [-0.2, 0) is 14.3 Å². The smallest absolute Gasteiger partial charge is 0.407 e. The highest BCUT2D eigenvalue weighted by molar-refractivity contribution is 5.82. The lowest BCUT2D eigenvalue weighted by Crippen LogP contribution is -2.45. The van der Waals surface area contributed by atoms with E-state index in [1.807, 2.05) is 36.4 Å². The molecule has 3 rings (SSSR count). The van der Waals surface area contributed by atoms with Crippen LogP contribution in [0.5, 0.6) is 0 Å². The molecule has 6 heteroatoms. The van der Waals surface area contributed by atoms with Crippen LogP contribution in [0.4, 0.5) is 4.79 Å². The second-order valence-corrected chi connectivity index (χ2v) is 6.80. The van der Waals surface area contributed by atoms with Crippen LogP contribution < -0.4 is 5.32 Å². The topological polar surface area (TPSA) is 84.9 Å². The molecule has 0 aromatic heterocycles. The van der Waals surface area contributed by atoms with Crippen molar-refractivity contribution in [1.82, 2.24) is 5.32 Å². The van der Waals surface area contributed by atoms with Crippen LogP contribution >= 0.6 is 0 Å². The van der Waals surface area contributed by atoms with Crippen LogP contribution in [0.15, 0.2) is 61.2 Å². The molecule has 2 N–H and O–H groups in total. The van der Waals surface area contributed by atoms with Crippen LogP contribution in [0, 0.1) is 0 Å². The maximum Gasteiger partial charge on any atom is 0.407 e. The first-order valence-corrected chi connectivity index (χ1v) is 9.65. The number of esters is 1. The Hall–Kier alpha value is -3.12. The van der Waals surface area contributed by atoms with Gasteiger partial charge in [0.25, 0.3) is 0 Å². The molecule has 2 aromatic carbocycles. The van der Waals surface area contributed by atoms with E-state index in [4.69, 9.17) is 9.47 Å². The fourth-order valence-electron chi connectivity index (χ4n) is 3.46. The van der Waals surface area contributed by atoms with E-state index in [9.17, 15) is 14.7 Å². The molecule has 0 bridgehead atoms. The van der Waals surface area contributed by atoms with Gasteiger partial charge in [0.1, 0.15) is 6.61 Å². The minimum absolute atomic E-state index is 0.0772. The molecule has 1 aliphatic rings. The first kappa shape index (κ1) is 20.6. The standard InChI is InChI=1S/C23H25NO5/c1-2-3-8-13-28-22(26)21(14-25)24-23(27)29-15-20-18-11-6-4-9-16(18)17-10-5-7-12-19(17)20/h2,4-7,9-12,20-21,25H,1,3,8,13-15H2,(H,24,27)/t21-/m0/s1. The molecule has 0 spiro atoms. The number of unbranched alkanes of at least 4 members (excludes halogenated alkanes) is 1. The lowest BCUT2D eigenvalue weighted by Gasteiger charge is -2.17. The number of aliphatic hydroxyl groups is 1. The summed E-state index contributed by atoms with van der Waals surface area (Å²) < 4.78 is 10.4. The molecule has 0 saturated carbocycles. The summed E-state index contributed by atoms with van der Waals surface area (Å²) >= 11 is 0. The van der Waals surface area contributed by atoms with E-state index >= 15 is 0 Å². The Balaban J connectivity index is 1.58. The number of allylic oxidation sites excluding steroid dienone is 1. The second-order valence-electron chi connectivity index (χ2n) is 6.80. The third-order valence-corrected chi connectivity index (χ3v) is 4.90. The van der Waals surface area contributed by atoms with E-state index < -0.39 is 24.7 Å². The van der Waals surface area contributed by atoms with Crippen LogP contribution in [0.2, 0.25) is 0 Å². The van der Waals surface area contributed by atoms with Crippen molar-refractivity contribution in [3.63, 3.8) is 0 Å². The molecule has 1 atom stereocenters. The van der Waals surface area contributed by atoms with Gasteiger partial charge in [-0.15, -0.1) is 6.58 Å². The highest BCUT2D eigenvalue weighted by Gasteiger charge is 2.29. The second kappa shape index (κ2) is 9.89. The van der Waals surface area contributed by atoms with Gasteiger partial charge < -0.3 is 19.9 Å². The summed E-state index contributed by atoms with van der Waals surface area (Å²) in [6.07, 6.45) is 2.32. The number of alkyl carbamates (subject to hydrolysis) is 1. The number of rotatable bonds is 9. The lowest BCUT2D eigenvalue weighted by atomic mass is 9.98. The van der Waals surface area contributed by atoms with E-state index in [0.29, 0.717) is 6.42 Å². The Morgan fingerprint density at radius 1 is 1.07 bits per heavy atom. The normalized spacial score (nSPS) is 13.1. The highest BCUT2D eigenvalue weighted by atomic mass is 16.6. The molecule has 0 saturated heterocycles. The third kappa shape index (κ3) is 4.84. The van der Waals surface area contributed by atoms with Gasteiger partial charge in [0, 0.05) is 5.92 Å². The van der Waals surface area contributed by atoms with Gasteiger partial charge in [-0.2, -0.15) is 0 Å². The zero-order chi connectivity index (χ0) is 20.6. The summed E-state index contributed by atoms with van der Waals surface area (Å²) in [7, 11) is 0. The van der Waals surface area contributed by atoms with Gasteiger partial charge in [0.2, 0.25) is 0 Å². The molecule has 0 unspecified atom stereocenters. The van der Waals surface area contributed by atoms with Crippen molar-refractivity contribution < 1.29 is 24.2 Å². The fraction of sp³-hybridized carbons (Fsp3) is 0.304. The van der Waals surface area contributed by atoms with E-state index in [0.717, 1.165) is 28.7 Å². The Bertz CT molecular complexity index is 834. The third-order valence-electron chi connectivity index (χ3n) is 4.90. The van der Waals surface area contributed by atoms with Gasteiger partial charge in [-0.05, 0) is 35.1 Å². The number of aliphatic hydroxyl groups excluding tert-OH is 1. The predicted molar refractivity (Wildman–Crippen MR) is 109 cm³/mol. The quantitative estimate of drug-likeness (QED) is 0.386. The summed E-state index contributed by atoms with van der Waals surface area (Å²) in [6.45, 7) is 3.36. The van der Waals surface area contributed by atoms with Crippen molar-refractivity contribution in [2.75, 3.05) is 19.8 Å². The first-order valence-electron chi connectivity index (χ1n) is 9.65. The minimum Gasteiger partial charge on any atom is -0.464 e. The summed E-state index contributed by atoms with van der Waals surface area (Å²) in [4.78, 5) is 24.2. The van der Waals surface area contributed by atoms with Crippen molar-refractivity contribution >= 4 is 12.1 Å². The molecule has 29 heavy (non-hydrogen) atoms. The fourth-order valence-corrected chi connectivity index (χ4v) is 3.46. The maximum atomic E-state index is 12.2. The molecule has 0 aliphatic heterocycles. The molecule has 1 aliphatic carbocycles. The number of fused-ring (bicyclic) bond motifs is 3. The molecule has 1 amide bonds. The average Bonchev–Trinajstić information content (AvgIpc) is 3.07. The van der Waals surface area contributed by atoms with Crippen molar-refractivity contribution in [3.05, 3.63) is 72.3 Å². The molecular formula is C23H25NO5. The average molecular weight is 395 g/mol. The van der Waals surface area contributed by atoms with Crippen LogP contribution in [0.25, 0.3) is 11.1 Å². The van der Waals surface area contributed by atoms with Gasteiger partial charge in [-0.1, -0.05) is 54.6 Å².